The fourth-order valence-electron chi connectivity index (χ4n) is 6.27. The van der Waals surface area contributed by atoms with Crippen LogP contribution < -0.4 is 20.5 Å². The SMILES string of the molecule is O=c1cc(N2CCOCC2)cc(-c2cccc3c2Oc2ccc(NC4CCCN(CCc5ccccc5)CC4)cc2S3)[nH]1. The molecule has 2 fully saturated rings. The molecule has 1 aromatic heterocycles. The first-order valence-corrected chi connectivity index (χ1v) is 16.2. The number of rotatable bonds is 7. The van der Waals surface area contributed by atoms with Gasteiger partial charge in [-0.25, -0.2) is 0 Å². The first-order valence-electron chi connectivity index (χ1n) is 15.4. The van der Waals surface area contributed by atoms with Crippen molar-refractivity contribution < 1.29 is 9.47 Å². The van der Waals surface area contributed by atoms with Crippen LogP contribution in [0.1, 0.15) is 24.8 Å². The molecule has 1 unspecified atom stereocenters. The van der Waals surface area contributed by atoms with Gasteiger partial charge in [-0.15, -0.1) is 0 Å². The fourth-order valence-corrected chi connectivity index (χ4v) is 7.30. The van der Waals surface area contributed by atoms with Crippen LogP contribution in [0.2, 0.25) is 0 Å². The number of morpholine rings is 1. The summed E-state index contributed by atoms with van der Waals surface area (Å²) in [4.78, 5) is 22.7. The number of aromatic nitrogens is 1. The molecule has 7 nitrogen and oxygen atoms in total. The van der Waals surface area contributed by atoms with Crippen molar-refractivity contribution in [2.45, 2.75) is 41.5 Å². The number of fused-ring (bicyclic) bond motifs is 2. The molecule has 0 amide bonds. The third-order valence-corrected chi connectivity index (χ3v) is 9.68. The van der Waals surface area contributed by atoms with Crippen LogP contribution in [0.3, 0.4) is 0 Å². The summed E-state index contributed by atoms with van der Waals surface area (Å²) in [6.45, 7) is 6.31. The van der Waals surface area contributed by atoms with Crippen LogP contribution in [0.5, 0.6) is 11.5 Å². The molecule has 43 heavy (non-hydrogen) atoms. The molecule has 0 bridgehead atoms. The lowest BCUT2D eigenvalue weighted by molar-refractivity contribution is 0.122. The van der Waals surface area contributed by atoms with E-state index < -0.39 is 0 Å². The molecule has 4 aromatic rings. The number of benzene rings is 3. The number of hydrogen-bond donors (Lipinski definition) is 2. The number of ether oxygens (including phenoxy) is 2. The molecule has 0 saturated carbocycles. The first kappa shape index (κ1) is 28.1. The monoisotopic (exact) mass is 594 g/mol. The molecule has 7 rings (SSSR count). The van der Waals surface area contributed by atoms with E-state index in [1.54, 1.807) is 17.8 Å². The largest absolute Gasteiger partial charge is 0.454 e. The summed E-state index contributed by atoms with van der Waals surface area (Å²) in [6, 6.07) is 27.5. The predicted molar refractivity (Wildman–Crippen MR) is 174 cm³/mol. The second-order valence-electron chi connectivity index (χ2n) is 11.6. The zero-order valence-electron chi connectivity index (χ0n) is 24.4. The normalized spacial score (nSPS) is 18.7. The summed E-state index contributed by atoms with van der Waals surface area (Å²) < 4.78 is 12.0. The predicted octanol–water partition coefficient (Wildman–Crippen LogP) is 6.64. The highest BCUT2D eigenvalue weighted by Gasteiger charge is 2.24. The first-order chi connectivity index (χ1) is 21.2. The highest BCUT2D eigenvalue weighted by molar-refractivity contribution is 7.99. The minimum Gasteiger partial charge on any atom is -0.454 e. The van der Waals surface area contributed by atoms with Crippen molar-refractivity contribution in [3.63, 3.8) is 0 Å². The number of hydrogen-bond acceptors (Lipinski definition) is 7. The molecule has 4 heterocycles. The Kier molecular flexibility index (Phi) is 8.41. The highest BCUT2D eigenvalue weighted by atomic mass is 32.2. The summed E-state index contributed by atoms with van der Waals surface area (Å²) in [6.07, 6.45) is 4.64. The van der Waals surface area contributed by atoms with Gasteiger partial charge < -0.3 is 29.6 Å². The molecule has 0 radical (unpaired) electrons. The molecule has 1 atom stereocenters. The maximum absolute atomic E-state index is 12.7. The lowest BCUT2D eigenvalue weighted by Crippen LogP contribution is -2.36. The van der Waals surface area contributed by atoms with Crippen LogP contribution in [0.15, 0.2) is 93.4 Å². The number of nitrogens with one attached hydrogen (secondary N) is 2. The summed E-state index contributed by atoms with van der Waals surface area (Å²) in [5.74, 6) is 1.63. The zero-order chi connectivity index (χ0) is 29.0. The van der Waals surface area contributed by atoms with Crippen molar-refractivity contribution >= 4 is 23.1 Å². The number of H-pyrrole nitrogens is 1. The molecule has 3 aliphatic rings. The topological polar surface area (TPSA) is 69.8 Å². The van der Waals surface area contributed by atoms with E-state index in [0.717, 1.165) is 82.9 Å². The second-order valence-corrected chi connectivity index (χ2v) is 12.6. The summed E-state index contributed by atoms with van der Waals surface area (Å²) in [7, 11) is 0. The Morgan fingerprint density at radius 1 is 0.884 bits per heavy atom. The summed E-state index contributed by atoms with van der Waals surface area (Å²) in [5.41, 5.74) is 5.00. The van der Waals surface area contributed by atoms with E-state index in [-0.39, 0.29) is 5.56 Å². The van der Waals surface area contributed by atoms with E-state index in [1.165, 1.54) is 24.9 Å². The van der Waals surface area contributed by atoms with Gasteiger partial charge in [-0.3, -0.25) is 4.79 Å². The van der Waals surface area contributed by atoms with Crippen LogP contribution in [0, 0.1) is 0 Å². The molecular weight excluding hydrogens is 556 g/mol. The van der Waals surface area contributed by atoms with Crippen LogP contribution in [-0.2, 0) is 11.2 Å². The maximum Gasteiger partial charge on any atom is 0.250 e. The van der Waals surface area contributed by atoms with Crippen molar-refractivity contribution in [1.29, 1.82) is 0 Å². The highest BCUT2D eigenvalue weighted by Crippen LogP contribution is 2.51. The van der Waals surface area contributed by atoms with E-state index in [4.69, 9.17) is 9.47 Å². The molecule has 0 spiro atoms. The number of para-hydroxylation sites is 1. The van der Waals surface area contributed by atoms with Gasteiger partial charge in [0.25, 0.3) is 0 Å². The van der Waals surface area contributed by atoms with Gasteiger partial charge in [-0.1, -0.05) is 48.2 Å². The lowest BCUT2D eigenvalue weighted by Gasteiger charge is -2.29. The molecule has 2 N–H and O–H groups in total. The fraction of sp³-hybridized carbons (Fsp3) is 0.343. The minimum absolute atomic E-state index is 0.117. The quantitative estimate of drug-likeness (QED) is 0.219. The third kappa shape index (κ3) is 6.61. The minimum atomic E-state index is -0.117. The Hall–Kier alpha value is -3.72. The van der Waals surface area contributed by atoms with Gasteiger partial charge in [0, 0.05) is 55.2 Å². The molecule has 0 aliphatic carbocycles. The average Bonchev–Trinajstić information content (AvgIpc) is 3.28. The molecule has 3 aliphatic heterocycles. The van der Waals surface area contributed by atoms with Crippen LogP contribution in [-0.4, -0.2) is 61.9 Å². The van der Waals surface area contributed by atoms with Crippen molar-refractivity contribution in [2.75, 3.05) is 56.2 Å². The van der Waals surface area contributed by atoms with E-state index in [2.05, 4.69) is 80.8 Å². The number of nitrogens with zero attached hydrogens (tertiary/aromatic N) is 2. The van der Waals surface area contributed by atoms with Crippen molar-refractivity contribution in [3.8, 4) is 22.8 Å². The van der Waals surface area contributed by atoms with Gasteiger partial charge in [0.05, 0.1) is 28.7 Å². The number of anilines is 2. The van der Waals surface area contributed by atoms with Crippen LogP contribution >= 0.6 is 11.8 Å². The number of aromatic amines is 1. The van der Waals surface area contributed by atoms with Gasteiger partial charge in [0.2, 0.25) is 5.56 Å². The van der Waals surface area contributed by atoms with Crippen LogP contribution in [0.4, 0.5) is 11.4 Å². The van der Waals surface area contributed by atoms with Gasteiger partial charge in [0.15, 0.2) is 5.75 Å². The smallest absolute Gasteiger partial charge is 0.250 e. The Balaban J connectivity index is 1.03. The van der Waals surface area contributed by atoms with Crippen molar-refractivity contribution in [3.05, 3.63) is 94.8 Å². The molecule has 3 aromatic carbocycles. The molecule has 8 heteroatoms. The average molecular weight is 595 g/mol. The van der Waals surface area contributed by atoms with Crippen molar-refractivity contribution in [2.24, 2.45) is 0 Å². The Morgan fingerprint density at radius 3 is 2.65 bits per heavy atom. The lowest BCUT2D eigenvalue weighted by atomic mass is 10.1. The van der Waals surface area contributed by atoms with Gasteiger partial charge in [-0.2, -0.15) is 0 Å². The molecule has 222 valence electrons. The van der Waals surface area contributed by atoms with Crippen LogP contribution in [0.25, 0.3) is 11.3 Å². The Bertz CT molecular complexity index is 1620. The second kappa shape index (κ2) is 12.9. The summed E-state index contributed by atoms with van der Waals surface area (Å²) >= 11 is 1.72. The zero-order valence-corrected chi connectivity index (χ0v) is 25.2. The summed E-state index contributed by atoms with van der Waals surface area (Å²) in [5, 5.41) is 3.82. The van der Waals surface area contributed by atoms with Gasteiger partial charge >= 0.3 is 0 Å². The number of pyridine rings is 1. The molecule has 2 saturated heterocycles. The van der Waals surface area contributed by atoms with E-state index in [0.29, 0.717) is 19.3 Å². The maximum atomic E-state index is 12.7. The number of likely N-dealkylation sites (tertiary alicyclic amines) is 1. The Labute approximate surface area is 257 Å². The van der Waals surface area contributed by atoms with Crippen molar-refractivity contribution in [1.82, 2.24) is 9.88 Å². The van der Waals surface area contributed by atoms with Gasteiger partial charge in [-0.05, 0) is 74.2 Å². The Morgan fingerprint density at radius 2 is 1.77 bits per heavy atom. The standard InChI is InChI=1S/C35H38N4O3S/c40-34-24-28(39-18-20-41-21-19-39)23-30(37-34)29-9-4-10-32-35(29)42-31-12-11-27(22-33(31)43-32)36-26-8-5-15-38(17-14-26)16-13-25-6-2-1-3-7-25/h1-4,6-7,9-12,22-24,26,36H,5,8,13-21H2,(H,37,40). The van der Waals surface area contributed by atoms with E-state index in [1.807, 2.05) is 12.1 Å². The van der Waals surface area contributed by atoms with Gasteiger partial charge in [0.1, 0.15) is 5.75 Å². The molecular formula is C35H38N4O3S. The third-order valence-electron chi connectivity index (χ3n) is 8.60. The van der Waals surface area contributed by atoms with E-state index in [9.17, 15) is 4.79 Å². The van der Waals surface area contributed by atoms with E-state index >= 15 is 0 Å².